The van der Waals surface area contributed by atoms with Crippen molar-refractivity contribution in [2.45, 2.75) is 25.3 Å². The van der Waals surface area contributed by atoms with E-state index < -0.39 is 0 Å². The van der Waals surface area contributed by atoms with Crippen molar-refractivity contribution in [3.05, 3.63) is 46.8 Å². The first-order valence-electron chi connectivity index (χ1n) is 6.24. The SMILES string of the molecule is Fc1cc(Cl)c(NC2CCCc3sc(I)cc32)c(Br)c1. The monoisotopic (exact) mass is 485 g/mol. The van der Waals surface area contributed by atoms with Gasteiger partial charge in [-0.15, -0.1) is 11.3 Å². The predicted molar refractivity (Wildman–Crippen MR) is 95.4 cm³/mol. The first-order valence-corrected chi connectivity index (χ1v) is 9.30. The Balaban J connectivity index is 1.93. The summed E-state index contributed by atoms with van der Waals surface area (Å²) in [4.78, 5) is 1.45. The van der Waals surface area contributed by atoms with Gasteiger partial charge < -0.3 is 5.32 Å². The number of anilines is 1. The van der Waals surface area contributed by atoms with E-state index in [9.17, 15) is 4.39 Å². The normalized spacial score (nSPS) is 17.9. The molecule has 0 amide bonds. The molecule has 20 heavy (non-hydrogen) atoms. The molecular formula is C14H11BrClFINS. The van der Waals surface area contributed by atoms with Gasteiger partial charge in [0.2, 0.25) is 0 Å². The maximum atomic E-state index is 13.3. The number of hydrogen-bond acceptors (Lipinski definition) is 2. The maximum Gasteiger partial charge on any atom is 0.125 e. The molecule has 0 radical (unpaired) electrons. The third kappa shape index (κ3) is 3.00. The Bertz CT molecular complexity index is 638. The van der Waals surface area contributed by atoms with E-state index in [1.807, 2.05) is 11.3 Å². The molecule has 6 heteroatoms. The van der Waals surface area contributed by atoms with Crippen molar-refractivity contribution < 1.29 is 4.39 Å². The summed E-state index contributed by atoms with van der Waals surface area (Å²) in [5.41, 5.74) is 2.13. The fraction of sp³-hybridized carbons (Fsp3) is 0.286. The zero-order chi connectivity index (χ0) is 14.3. The van der Waals surface area contributed by atoms with Crippen molar-refractivity contribution in [3.8, 4) is 0 Å². The van der Waals surface area contributed by atoms with Crippen LogP contribution in [-0.2, 0) is 6.42 Å². The zero-order valence-electron chi connectivity index (χ0n) is 10.4. The Labute approximate surface area is 148 Å². The van der Waals surface area contributed by atoms with Crippen molar-refractivity contribution >= 4 is 67.1 Å². The summed E-state index contributed by atoms with van der Waals surface area (Å²) in [5.74, 6) is -0.332. The van der Waals surface area contributed by atoms with Gasteiger partial charge in [-0.2, -0.15) is 0 Å². The van der Waals surface area contributed by atoms with Crippen LogP contribution in [0.1, 0.15) is 29.3 Å². The van der Waals surface area contributed by atoms with Crippen LogP contribution in [0.3, 0.4) is 0 Å². The lowest BCUT2D eigenvalue weighted by Gasteiger charge is -2.25. The Hall–Kier alpha value is 0.150. The van der Waals surface area contributed by atoms with E-state index in [4.69, 9.17) is 11.6 Å². The molecule has 1 aliphatic carbocycles. The van der Waals surface area contributed by atoms with E-state index in [0.717, 1.165) is 24.9 Å². The number of nitrogens with one attached hydrogen (secondary N) is 1. The predicted octanol–water partition coefficient (Wildman–Crippen LogP) is 6.40. The number of aryl methyl sites for hydroxylation is 1. The molecule has 0 fully saturated rings. The molecule has 1 aromatic carbocycles. The van der Waals surface area contributed by atoms with Crippen LogP contribution in [0.15, 0.2) is 22.7 Å². The summed E-state index contributed by atoms with van der Waals surface area (Å²) in [6.45, 7) is 0. The highest BCUT2D eigenvalue weighted by atomic mass is 127. The lowest BCUT2D eigenvalue weighted by atomic mass is 9.94. The quantitative estimate of drug-likeness (QED) is 0.485. The molecule has 0 bridgehead atoms. The molecule has 0 saturated carbocycles. The smallest absolute Gasteiger partial charge is 0.125 e. The van der Waals surface area contributed by atoms with Gasteiger partial charge in [-0.1, -0.05) is 11.6 Å². The molecule has 1 aliphatic rings. The average molecular weight is 487 g/mol. The lowest BCUT2D eigenvalue weighted by molar-refractivity contribution is 0.607. The van der Waals surface area contributed by atoms with E-state index in [1.54, 1.807) is 0 Å². The van der Waals surface area contributed by atoms with Crippen molar-refractivity contribution in [2.24, 2.45) is 0 Å². The Morgan fingerprint density at radius 2 is 2.20 bits per heavy atom. The molecule has 106 valence electrons. The molecule has 1 atom stereocenters. The van der Waals surface area contributed by atoms with Crippen LogP contribution in [0.5, 0.6) is 0 Å². The number of fused-ring (bicyclic) bond motifs is 1. The molecule has 1 heterocycles. The van der Waals surface area contributed by atoms with Gasteiger partial charge in [0.15, 0.2) is 0 Å². The van der Waals surface area contributed by atoms with Crippen molar-refractivity contribution in [2.75, 3.05) is 5.32 Å². The molecule has 1 N–H and O–H groups in total. The van der Waals surface area contributed by atoms with Gasteiger partial charge >= 0.3 is 0 Å². The van der Waals surface area contributed by atoms with E-state index in [0.29, 0.717) is 9.50 Å². The van der Waals surface area contributed by atoms with Gasteiger partial charge in [0.1, 0.15) is 5.82 Å². The van der Waals surface area contributed by atoms with Gasteiger partial charge in [0.05, 0.1) is 19.6 Å². The second kappa shape index (κ2) is 6.10. The number of benzene rings is 1. The first-order chi connectivity index (χ1) is 9.54. The minimum absolute atomic E-state index is 0.248. The summed E-state index contributed by atoms with van der Waals surface area (Å²) >= 11 is 13.8. The van der Waals surface area contributed by atoms with Gasteiger partial charge in [-0.3, -0.25) is 0 Å². The number of rotatable bonds is 2. The van der Waals surface area contributed by atoms with Crippen molar-refractivity contribution in [3.63, 3.8) is 0 Å². The molecule has 1 aromatic heterocycles. The first kappa shape index (κ1) is 15.1. The standard InChI is InChI=1S/C14H11BrClFINS/c15-9-4-7(17)5-10(16)14(9)19-11-2-1-3-12-8(11)6-13(18)20-12/h4-6,11,19H,1-3H2. The molecule has 1 nitrogen and oxygen atoms in total. The third-order valence-electron chi connectivity index (χ3n) is 3.41. The van der Waals surface area contributed by atoms with Crippen LogP contribution >= 0.6 is 61.5 Å². The molecule has 0 saturated heterocycles. The maximum absolute atomic E-state index is 13.3. The second-order valence-electron chi connectivity index (χ2n) is 4.76. The fourth-order valence-electron chi connectivity index (χ4n) is 2.53. The molecule has 2 aromatic rings. The van der Waals surface area contributed by atoms with Gasteiger partial charge in [-0.25, -0.2) is 4.39 Å². The third-order valence-corrected chi connectivity index (χ3v) is 6.30. The molecule has 0 aliphatic heterocycles. The minimum Gasteiger partial charge on any atom is -0.376 e. The summed E-state index contributed by atoms with van der Waals surface area (Å²) in [6.07, 6.45) is 3.39. The minimum atomic E-state index is -0.332. The summed E-state index contributed by atoms with van der Waals surface area (Å²) in [5, 5.41) is 3.88. The molecule has 0 spiro atoms. The van der Waals surface area contributed by atoms with Crippen LogP contribution in [-0.4, -0.2) is 0 Å². The van der Waals surface area contributed by atoms with Crippen molar-refractivity contribution in [1.82, 2.24) is 0 Å². The number of halogens is 4. The molecule has 1 unspecified atom stereocenters. The van der Waals surface area contributed by atoms with E-state index >= 15 is 0 Å². The van der Waals surface area contributed by atoms with Crippen LogP contribution in [0.4, 0.5) is 10.1 Å². The lowest BCUT2D eigenvalue weighted by Crippen LogP contribution is -2.16. The van der Waals surface area contributed by atoms with Crippen LogP contribution in [0, 0.1) is 8.70 Å². The van der Waals surface area contributed by atoms with Gasteiger partial charge in [-0.05, 0) is 81.5 Å². The topological polar surface area (TPSA) is 12.0 Å². The van der Waals surface area contributed by atoms with Crippen LogP contribution in [0.2, 0.25) is 5.02 Å². The zero-order valence-corrected chi connectivity index (χ0v) is 15.7. The number of thiophene rings is 1. The second-order valence-corrected chi connectivity index (χ2v) is 9.06. The number of hydrogen-bond donors (Lipinski definition) is 1. The Kier molecular flexibility index (Phi) is 4.60. The highest BCUT2D eigenvalue weighted by molar-refractivity contribution is 14.1. The van der Waals surface area contributed by atoms with E-state index in [-0.39, 0.29) is 11.9 Å². The summed E-state index contributed by atoms with van der Waals surface area (Å²) < 4.78 is 15.3. The fourth-order valence-corrected chi connectivity index (χ4v) is 5.57. The van der Waals surface area contributed by atoms with E-state index in [2.05, 4.69) is 49.9 Å². The molecular weight excluding hydrogens is 475 g/mol. The van der Waals surface area contributed by atoms with Crippen LogP contribution in [0.25, 0.3) is 0 Å². The van der Waals surface area contributed by atoms with Crippen LogP contribution < -0.4 is 5.32 Å². The van der Waals surface area contributed by atoms with Crippen molar-refractivity contribution in [1.29, 1.82) is 0 Å². The Morgan fingerprint density at radius 3 is 2.95 bits per heavy atom. The highest BCUT2D eigenvalue weighted by Crippen LogP contribution is 2.41. The summed E-state index contributed by atoms with van der Waals surface area (Å²) in [7, 11) is 0. The average Bonchev–Trinajstić information content (AvgIpc) is 2.74. The highest BCUT2D eigenvalue weighted by Gasteiger charge is 2.24. The van der Waals surface area contributed by atoms with E-state index in [1.165, 1.54) is 25.5 Å². The molecule has 3 rings (SSSR count). The Morgan fingerprint density at radius 1 is 1.40 bits per heavy atom. The largest absolute Gasteiger partial charge is 0.376 e. The van der Waals surface area contributed by atoms with Gasteiger partial charge in [0.25, 0.3) is 0 Å². The van der Waals surface area contributed by atoms with Gasteiger partial charge in [0, 0.05) is 9.35 Å². The summed E-state index contributed by atoms with van der Waals surface area (Å²) in [6, 6.07) is 5.27.